The predicted molar refractivity (Wildman–Crippen MR) is 103 cm³/mol. The molecule has 2 N–H and O–H groups in total. The van der Waals surface area contributed by atoms with Gasteiger partial charge in [-0.2, -0.15) is 4.31 Å². The Labute approximate surface area is 155 Å². The van der Waals surface area contributed by atoms with Gasteiger partial charge in [0.2, 0.25) is 10.0 Å². The normalized spacial score (nSPS) is 16.7. The van der Waals surface area contributed by atoms with Gasteiger partial charge in [0.15, 0.2) is 0 Å². The van der Waals surface area contributed by atoms with E-state index >= 15 is 0 Å². The van der Waals surface area contributed by atoms with Crippen LogP contribution in [0.1, 0.15) is 19.3 Å². The SMILES string of the molecule is Cl.NCCCOC1CCN(S(=O)(=O)c2cccc3ccccc23)CC1. The number of halogens is 1. The van der Waals surface area contributed by atoms with Crippen molar-refractivity contribution in [3.8, 4) is 0 Å². The Kier molecular flexibility index (Phi) is 7.22. The number of benzene rings is 2. The van der Waals surface area contributed by atoms with Gasteiger partial charge in [-0.15, -0.1) is 12.4 Å². The molecule has 1 saturated heterocycles. The van der Waals surface area contributed by atoms with Crippen molar-refractivity contribution >= 4 is 33.2 Å². The predicted octanol–water partition coefficient (Wildman–Crippen LogP) is 2.78. The van der Waals surface area contributed by atoms with Gasteiger partial charge in [0.1, 0.15) is 0 Å². The fourth-order valence-corrected chi connectivity index (χ4v) is 4.82. The van der Waals surface area contributed by atoms with E-state index in [4.69, 9.17) is 10.5 Å². The van der Waals surface area contributed by atoms with Crippen molar-refractivity contribution in [1.82, 2.24) is 4.31 Å². The molecule has 5 nitrogen and oxygen atoms in total. The fraction of sp³-hybridized carbons (Fsp3) is 0.444. The van der Waals surface area contributed by atoms with Gasteiger partial charge in [-0.25, -0.2) is 8.42 Å². The molecule has 3 rings (SSSR count). The van der Waals surface area contributed by atoms with Gasteiger partial charge < -0.3 is 10.5 Å². The summed E-state index contributed by atoms with van der Waals surface area (Å²) in [7, 11) is -3.48. The minimum absolute atomic E-state index is 0. The highest BCUT2D eigenvalue weighted by atomic mass is 35.5. The molecular weight excluding hydrogens is 360 g/mol. The van der Waals surface area contributed by atoms with Crippen LogP contribution in [0.5, 0.6) is 0 Å². The average molecular weight is 385 g/mol. The van der Waals surface area contributed by atoms with Gasteiger partial charge in [0.25, 0.3) is 0 Å². The molecule has 2 aromatic rings. The van der Waals surface area contributed by atoms with Crippen molar-refractivity contribution in [2.24, 2.45) is 5.73 Å². The van der Waals surface area contributed by atoms with E-state index in [0.717, 1.165) is 30.0 Å². The Morgan fingerprint density at radius 2 is 1.76 bits per heavy atom. The lowest BCUT2D eigenvalue weighted by Gasteiger charge is -2.31. The number of sulfonamides is 1. The maximum absolute atomic E-state index is 13.0. The highest BCUT2D eigenvalue weighted by molar-refractivity contribution is 7.89. The molecule has 1 aliphatic heterocycles. The third-order valence-corrected chi connectivity index (χ3v) is 6.43. The quantitative estimate of drug-likeness (QED) is 0.777. The minimum Gasteiger partial charge on any atom is -0.378 e. The minimum atomic E-state index is -3.48. The van der Waals surface area contributed by atoms with E-state index in [-0.39, 0.29) is 18.5 Å². The largest absolute Gasteiger partial charge is 0.378 e. The first-order valence-electron chi connectivity index (χ1n) is 8.42. The number of hydrogen-bond donors (Lipinski definition) is 1. The summed E-state index contributed by atoms with van der Waals surface area (Å²) in [4.78, 5) is 0.392. The lowest BCUT2D eigenvalue weighted by atomic mass is 10.1. The molecule has 1 aliphatic rings. The van der Waals surface area contributed by atoms with E-state index < -0.39 is 10.0 Å². The number of nitrogens with two attached hydrogens (primary N) is 1. The van der Waals surface area contributed by atoms with Gasteiger partial charge in [0.05, 0.1) is 11.0 Å². The van der Waals surface area contributed by atoms with Gasteiger partial charge in [-0.05, 0) is 37.3 Å². The summed E-state index contributed by atoms with van der Waals surface area (Å²) < 4.78 is 33.4. The molecule has 0 bridgehead atoms. The van der Waals surface area contributed by atoms with Crippen LogP contribution < -0.4 is 5.73 Å². The molecule has 1 heterocycles. The summed E-state index contributed by atoms with van der Waals surface area (Å²) in [5.74, 6) is 0. The van der Waals surface area contributed by atoms with E-state index in [9.17, 15) is 8.42 Å². The average Bonchev–Trinajstić information content (AvgIpc) is 2.62. The van der Waals surface area contributed by atoms with E-state index in [1.54, 1.807) is 16.4 Å². The molecule has 0 saturated carbocycles. The Balaban J connectivity index is 0.00000225. The van der Waals surface area contributed by atoms with Gasteiger partial charge in [0, 0.05) is 25.1 Å². The second-order valence-corrected chi connectivity index (χ2v) is 8.00. The Bertz CT molecular complexity index is 785. The number of fused-ring (bicyclic) bond motifs is 1. The maximum Gasteiger partial charge on any atom is 0.243 e. The number of nitrogens with zero attached hydrogens (tertiary/aromatic N) is 1. The van der Waals surface area contributed by atoms with Crippen LogP contribution in [-0.2, 0) is 14.8 Å². The number of piperidine rings is 1. The molecule has 2 aromatic carbocycles. The molecule has 0 atom stereocenters. The number of rotatable bonds is 6. The van der Waals surface area contributed by atoms with Crippen molar-refractivity contribution in [2.45, 2.75) is 30.3 Å². The first-order chi connectivity index (χ1) is 11.6. The summed E-state index contributed by atoms with van der Waals surface area (Å²) >= 11 is 0. The lowest BCUT2D eigenvalue weighted by Crippen LogP contribution is -2.41. The van der Waals surface area contributed by atoms with Crippen molar-refractivity contribution in [3.63, 3.8) is 0 Å². The fourth-order valence-electron chi connectivity index (χ4n) is 3.13. The zero-order chi connectivity index (χ0) is 17.0. The van der Waals surface area contributed by atoms with E-state index in [1.807, 2.05) is 30.3 Å². The smallest absolute Gasteiger partial charge is 0.243 e. The Morgan fingerprint density at radius 3 is 2.48 bits per heavy atom. The third kappa shape index (κ3) is 4.51. The van der Waals surface area contributed by atoms with Crippen molar-refractivity contribution in [3.05, 3.63) is 42.5 Å². The Hall–Kier alpha value is -1.18. The summed E-state index contributed by atoms with van der Waals surface area (Å²) in [6, 6.07) is 13.0. The summed E-state index contributed by atoms with van der Waals surface area (Å²) in [5.41, 5.74) is 5.47. The molecule has 7 heteroatoms. The zero-order valence-corrected chi connectivity index (χ0v) is 15.8. The van der Waals surface area contributed by atoms with Crippen LogP contribution in [0.25, 0.3) is 10.8 Å². The van der Waals surface area contributed by atoms with Gasteiger partial charge in [-0.3, -0.25) is 0 Å². The molecule has 0 amide bonds. The van der Waals surface area contributed by atoms with Crippen molar-refractivity contribution < 1.29 is 13.2 Å². The molecule has 25 heavy (non-hydrogen) atoms. The molecule has 0 spiro atoms. The summed E-state index contributed by atoms with van der Waals surface area (Å²) in [6.45, 7) is 2.27. The van der Waals surface area contributed by atoms with E-state index in [1.165, 1.54) is 0 Å². The van der Waals surface area contributed by atoms with Gasteiger partial charge >= 0.3 is 0 Å². The first-order valence-corrected chi connectivity index (χ1v) is 9.86. The molecule has 0 radical (unpaired) electrons. The zero-order valence-electron chi connectivity index (χ0n) is 14.1. The molecule has 138 valence electrons. The van der Waals surface area contributed by atoms with Crippen LogP contribution in [0.2, 0.25) is 0 Å². The second-order valence-electron chi connectivity index (χ2n) is 6.09. The molecule has 1 fully saturated rings. The van der Waals surface area contributed by atoms with Crippen LogP contribution in [0.4, 0.5) is 0 Å². The summed E-state index contributed by atoms with van der Waals surface area (Å²) in [5, 5.41) is 1.72. The number of hydrogen-bond acceptors (Lipinski definition) is 4. The van der Waals surface area contributed by atoms with Crippen LogP contribution in [0.15, 0.2) is 47.4 Å². The van der Waals surface area contributed by atoms with E-state index in [0.29, 0.717) is 31.1 Å². The monoisotopic (exact) mass is 384 g/mol. The topological polar surface area (TPSA) is 72.6 Å². The highest BCUT2D eigenvalue weighted by Crippen LogP contribution is 2.28. The van der Waals surface area contributed by atoms with Crippen LogP contribution >= 0.6 is 12.4 Å². The summed E-state index contributed by atoms with van der Waals surface area (Å²) in [6.07, 6.45) is 2.44. The van der Waals surface area contributed by atoms with Crippen LogP contribution in [0, 0.1) is 0 Å². The lowest BCUT2D eigenvalue weighted by molar-refractivity contribution is 0.0209. The molecular formula is C18H25ClN2O3S. The maximum atomic E-state index is 13.0. The molecule has 0 aliphatic carbocycles. The second kappa shape index (κ2) is 8.96. The van der Waals surface area contributed by atoms with Crippen LogP contribution in [-0.4, -0.2) is 45.1 Å². The highest BCUT2D eigenvalue weighted by Gasteiger charge is 2.30. The molecule has 0 aromatic heterocycles. The Morgan fingerprint density at radius 1 is 1.08 bits per heavy atom. The van der Waals surface area contributed by atoms with Crippen molar-refractivity contribution in [2.75, 3.05) is 26.2 Å². The molecule has 0 unspecified atom stereocenters. The van der Waals surface area contributed by atoms with Crippen molar-refractivity contribution in [1.29, 1.82) is 0 Å². The standard InChI is InChI=1S/C18H24N2O3S.ClH/c19-11-4-14-23-16-9-12-20(13-10-16)24(21,22)18-8-3-6-15-5-1-2-7-17(15)18;/h1-3,5-8,16H,4,9-14,19H2;1H. The van der Waals surface area contributed by atoms with E-state index in [2.05, 4.69) is 0 Å². The van der Waals surface area contributed by atoms with Crippen LogP contribution in [0.3, 0.4) is 0 Å². The van der Waals surface area contributed by atoms with Gasteiger partial charge in [-0.1, -0.05) is 36.4 Å². The first kappa shape index (κ1) is 20.1. The third-order valence-electron chi connectivity index (χ3n) is 4.47. The number of ether oxygens (including phenoxy) is 1.